The van der Waals surface area contributed by atoms with Crippen LogP contribution in [0.25, 0.3) is 0 Å². The van der Waals surface area contributed by atoms with Gasteiger partial charge >= 0.3 is 0 Å². The molecule has 2 aromatic rings. The van der Waals surface area contributed by atoms with E-state index in [0.717, 1.165) is 12.8 Å². The van der Waals surface area contributed by atoms with Crippen LogP contribution in [0.4, 0.5) is 5.69 Å². The van der Waals surface area contributed by atoms with Crippen LogP contribution in [-0.4, -0.2) is 70.1 Å². The van der Waals surface area contributed by atoms with Crippen LogP contribution in [0.1, 0.15) is 96.1 Å². The lowest BCUT2D eigenvalue weighted by molar-refractivity contribution is -0.147. The summed E-state index contributed by atoms with van der Waals surface area (Å²) < 4.78 is 0. The second-order valence-corrected chi connectivity index (χ2v) is 13.8. The van der Waals surface area contributed by atoms with Gasteiger partial charge < -0.3 is 31.3 Å². The fourth-order valence-electron chi connectivity index (χ4n) is 7.29. The Balaban J connectivity index is 1.57. The Kier molecular flexibility index (Phi) is 12.1. The van der Waals surface area contributed by atoms with E-state index >= 15 is 0 Å². The molecule has 5 rings (SSSR count). The molecule has 2 unspecified atom stereocenters. The van der Waals surface area contributed by atoms with Crippen molar-refractivity contribution in [2.24, 2.45) is 5.92 Å². The first-order chi connectivity index (χ1) is 24.1. The van der Waals surface area contributed by atoms with Crippen LogP contribution in [0, 0.1) is 5.92 Å². The summed E-state index contributed by atoms with van der Waals surface area (Å²) in [4.78, 5) is 70.6. The zero-order valence-corrected chi connectivity index (χ0v) is 29.4. The number of benzene rings is 2. The first-order valence-electron chi connectivity index (χ1n) is 18.2. The number of carbonyl (C=O) groups is 5. The molecule has 11 nitrogen and oxygen atoms in total. The number of hydrogen-bond donors (Lipinski definition) is 5. The molecule has 3 heterocycles. The fraction of sp³-hybridized carbons (Fsp3) is 0.513. The van der Waals surface area contributed by atoms with Gasteiger partial charge in [0.05, 0.1) is 0 Å². The first kappa shape index (κ1) is 36.8. The van der Waals surface area contributed by atoms with E-state index in [1.165, 1.54) is 0 Å². The third-order valence-electron chi connectivity index (χ3n) is 10.5. The van der Waals surface area contributed by atoms with Crippen LogP contribution in [0.5, 0.6) is 0 Å². The van der Waals surface area contributed by atoms with Crippen LogP contribution in [0.3, 0.4) is 0 Å². The molecule has 50 heavy (non-hydrogen) atoms. The Bertz CT molecular complexity index is 1590. The Hall–Kier alpha value is -4.51. The van der Waals surface area contributed by atoms with Gasteiger partial charge in [-0.1, -0.05) is 88.6 Å². The largest absolute Gasteiger partial charge is 0.376 e. The number of nitrogens with one attached hydrogen (secondary N) is 4. The van der Waals surface area contributed by atoms with E-state index in [-0.39, 0.29) is 29.6 Å². The molecule has 0 radical (unpaired) electrons. The number of unbranched alkanes of at least 4 members (excludes halogenated alkanes) is 2. The fourth-order valence-corrected chi connectivity index (χ4v) is 7.29. The first-order valence-corrected chi connectivity index (χ1v) is 18.2. The minimum Gasteiger partial charge on any atom is -0.376 e. The molecule has 0 bridgehead atoms. The molecule has 0 saturated carbocycles. The summed E-state index contributed by atoms with van der Waals surface area (Å²) in [5.41, 5.74) is -0.0503. The topological polar surface area (TPSA) is 157 Å². The molecule has 5 N–H and O–H groups in total. The van der Waals surface area contributed by atoms with Gasteiger partial charge in [0, 0.05) is 42.4 Å². The molecule has 3 aliphatic heterocycles. The number of rotatable bonds is 11. The molecule has 11 heteroatoms. The van der Waals surface area contributed by atoms with Gasteiger partial charge in [-0.3, -0.25) is 24.0 Å². The van der Waals surface area contributed by atoms with Crippen molar-refractivity contribution in [1.29, 1.82) is 0 Å². The van der Waals surface area contributed by atoms with Gasteiger partial charge in [-0.25, -0.2) is 0 Å². The number of hydrogen-bond acceptors (Lipinski definition) is 7. The molecular formula is C39H51N5O6. The molecule has 0 aliphatic carbocycles. The summed E-state index contributed by atoms with van der Waals surface area (Å²) >= 11 is 0. The smallest absolute Gasteiger partial charge is 0.247 e. The minimum atomic E-state index is -1.84. The SMILES string of the molecule is CCC(=O)CCCCC[C@@H]1NC(=O)[C@H]2CCCCN2C(=O)[C@H](C(C)CC)NC(=O)[C@H](C2=CNc3ccccc3C2(O)c2ccccc2)NC1=O. The number of anilines is 1. The quantitative estimate of drug-likeness (QED) is 0.224. The normalized spacial score (nSPS) is 26.4. The predicted molar refractivity (Wildman–Crippen MR) is 191 cm³/mol. The summed E-state index contributed by atoms with van der Waals surface area (Å²) in [6, 6.07) is 12.0. The standard InChI is InChI=1S/C39H51N5O6/c1-4-25(3)33-38(49)44-23-15-14-22-32(44)36(47)41-31(21-11-7-10-18-27(45)5-2)35(46)43-34(37(48)42-33)29-24-40-30-20-13-12-19-28(30)39(29,50)26-16-8-6-9-17-26/h6,8-9,12-13,16-17,19-20,24-25,31-34,40,50H,4-5,7,10-11,14-15,18,21-23H2,1-3H3,(H,41,47)(H,42,48)(H,43,46)/t25?,31-,32+,33-,34-,39?/m0/s1. The number of Topliss-reactive ketones (excluding diaryl/α,β-unsaturated/α-hetero) is 1. The van der Waals surface area contributed by atoms with Crippen molar-refractivity contribution in [2.75, 3.05) is 11.9 Å². The Labute approximate surface area is 294 Å². The van der Waals surface area contributed by atoms with E-state index in [2.05, 4.69) is 21.3 Å². The van der Waals surface area contributed by atoms with Gasteiger partial charge in [0.1, 0.15) is 35.6 Å². The maximum Gasteiger partial charge on any atom is 0.247 e. The number of para-hydroxylation sites is 1. The molecule has 4 amide bonds. The minimum absolute atomic E-state index is 0.166. The number of aliphatic hydroxyl groups is 1. The van der Waals surface area contributed by atoms with E-state index in [1.807, 2.05) is 39.0 Å². The molecule has 6 atom stereocenters. The highest BCUT2D eigenvalue weighted by Crippen LogP contribution is 2.44. The highest BCUT2D eigenvalue weighted by atomic mass is 16.3. The number of piperidine rings is 1. The van der Waals surface area contributed by atoms with Gasteiger partial charge in [-0.15, -0.1) is 0 Å². The summed E-state index contributed by atoms with van der Waals surface area (Å²) in [6.07, 6.45) is 7.17. The van der Waals surface area contributed by atoms with E-state index in [9.17, 15) is 29.1 Å². The molecule has 2 aromatic carbocycles. The Morgan fingerprint density at radius 2 is 1.64 bits per heavy atom. The molecule has 2 saturated heterocycles. The highest BCUT2D eigenvalue weighted by molar-refractivity contribution is 5.99. The second kappa shape index (κ2) is 16.5. The Morgan fingerprint density at radius 3 is 2.38 bits per heavy atom. The summed E-state index contributed by atoms with van der Waals surface area (Å²) in [5, 5.41) is 24.8. The van der Waals surface area contributed by atoms with Gasteiger partial charge in [0.25, 0.3) is 0 Å². The molecule has 268 valence electrons. The van der Waals surface area contributed by atoms with Crippen molar-refractivity contribution in [2.45, 2.75) is 115 Å². The van der Waals surface area contributed by atoms with Crippen molar-refractivity contribution in [1.82, 2.24) is 20.9 Å². The van der Waals surface area contributed by atoms with E-state index in [1.54, 1.807) is 47.5 Å². The number of nitrogens with zero attached hydrogens (tertiary/aromatic N) is 1. The molecule has 0 aromatic heterocycles. The van der Waals surface area contributed by atoms with Crippen molar-refractivity contribution in [3.05, 3.63) is 77.5 Å². The maximum atomic E-state index is 14.6. The van der Waals surface area contributed by atoms with E-state index < -0.39 is 47.5 Å². The van der Waals surface area contributed by atoms with Crippen LogP contribution in [-0.2, 0) is 29.6 Å². The van der Waals surface area contributed by atoms with Crippen molar-refractivity contribution < 1.29 is 29.1 Å². The zero-order chi connectivity index (χ0) is 35.8. The van der Waals surface area contributed by atoms with Crippen LogP contribution in [0.2, 0.25) is 0 Å². The highest BCUT2D eigenvalue weighted by Gasteiger charge is 2.48. The van der Waals surface area contributed by atoms with E-state index in [4.69, 9.17) is 0 Å². The van der Waals surface area contributed by atoms with Gasteiger partial charge in [0.2, 0.25) is 23.6 Å². The number of amides is 4. The van der Waals surface area contributed by atoms with Crippen molar-refractivity contribution in [3.63, 3.8) is 0 Å². The predicted octanol–water partition coefficient (Wildman–Crippen LogP) is 4.06. The molecule has 3 aliphatic rings. The molecule has 2 fully saturated rings. The van der Waals surface area contributed by atoms with Gasteiger partial charge in [-0.2, -0.15) is 0 Å². The van der Waals surface area contributed by atoms with Crippen LogP contribution < -0.4 is 21.3 Å². The summed E-state index contributed by atoms with van der Waals surface area (Å²) in [5.74, 6) is -2.07. The second-order valence-electron chi connectivity index (χ2n) is 13.8. The third-order valence-corrected chi connectivity index (χ3v) is 10.5. The zero-order valence-electron chi connectivity index (χ0n) is 29.4. The Morgan fingerprint density at radius 1 is 0.900 bits per heavy atom. The summed E-state index contributed by atoms with van der Waals surface area (Å²) in [7, 11) is 0. The van der Waals surface area contributed by atoms with Crippen molar-refractivity contribution in [3.8, 4) is 0 Å². The molecule has 0 spiro atoms. The monoisotopic (exact) mass is 685 g/mol. The van der Waals surface area contributed by atoms with Crippen molar-refractivity contribution >= 4 is 35.1 Å². The molecular weight excluding hydrogens is 634 g/mol. The number of fused-ring (bicyclic) bond motifs is 2. The average Bonchev–Trinajstić information content (AvgIpc) is 3.14. The van der Waals surface area contributed by atoms with Gasteiger partial charge in [-0.05, 0) is 49.7 Å². The van der Waals surface area contributed by atoms with Gasteiger partial charge in [0.15, 0.2) is 0 Å². The van der Waals surface area contributed by atoms with E-state index in [0.29, 0.717) is 68.3 Å². The van der Waals surface area contributed by atoms with Crippen LogP contribution >= 0.6 is 0 Å². The summed E-state index contributed by atoms with van der Waals surface area (Å²) in [6.45, 7) is 6.01. The number of ketones is 1. The van der Waals surface area contributed by atoms with Crippen LogP contribution in [0.15, 0.2) is 66.4 Å². The lowest BCUT2D eigenvalue weighted by atomic mass is 9.75. The maximum absolute atomic E-state index is 14.6. The lowest BCUT2D eigenvalue weighted by Crippen LogP contribution is -2.65. The lowest BCUT2D eigenvalue weighted by Gasteiger charge is -2.42. The average molecular weight is 686 g/mol. The third kappa shape index (κ3) is 7.78. The number of carbonyl (C=O) groups excluding carboxylic acids is 5.